The van der Waals surface area contributed by atoms with Crippen molar-refractivity contribution in [3.63, 3.8) is 0 Å². The van der Waals surface area contributed by atoms with Gasteiger partial charge >= 0.3 is 0 Å². The topological polar surface area (TPSA) is 73.2 Å². The first-order chi connectivity index (χ1) is 10.3. The molecule has 1 heterocycles. The molecular formula is C13H35N6P3. The Hall–Kier alpha value is 0.570. The molecule has 22 heavy (non-hydrogen) atoms. The third kappa shape index (κ3) is 6.59. The highest BCUT2D eigenvalue weighted by Gasteiger charge is 2.29. The van der Waals surface area contributed by atoms with Crippen LogP contribution in [-0.2, 0) is 0 Å². The fraction of sp³-hybridized carbons (Fsp3) is 1.00. The van der Waals surface area contributed by atoms with Crippen LogP contribution >= 0.6 is 22.1 Å². The summed E-state index contributed by atoms with van der Waals surface area (Å²) in [4.78, 5) is 0. The molecule has 0 saturated heterocycles. The van der Waals surface area contributed by atoms with E-state index in [4.69, 9.17) is 13.5 Å². The van der Waals surface area contributed by atoms with Crippen LogP contribution in [-0.4, -0.2) is 39.6 Å². The highest BCUT2D eigenvalue weighted by Crippen LogP contribution is 2.71. The Kier molecular flexibility index (Phi) is 8.58. The van der Waals surface area contributed by atoms with Crippen molar-refractivity contribution >= 4 is 22.1 Å². The molecule has 0 amide bonds. The van der Waals surface area contributed by atoms with Crippen LogP contribution in [0, 0.1) is 0 Å². The molecule has 132 valence electrons. The van der Waals surface area contributed by atoms with Gasteiger partial charge in [0.2, 0.25) is 7.51 Å². The van der Waals surface area contributed by atoms with E-state index in [0.29, 0.717) is 0 Å². The molecule has 0 fully saturated rings. The fourth-order valence-electron chi connectivity index (χ4n) is 2.30. The summed E-state index contributed by atoms with van der Waals surface area (Å²) in [6.07, 6.45) is 4.54. The fourth-order valence-corrected chi connectivity index (χ4v) is 14.9. The summed E-state index contributed by atoms with van der Waals surface area (Å²) >= 11 is 0. The van der Waals surface area contributed by atoms with Gasteiger partial charge in [0.05, 0.1) is 7.21 Å². The Morgan fingerprint density at radius 3 is 1.86 bits per heavy atom. The Morgan fingerprint density at radius 1 is 0.682 bits per heavy atom. The van der Waals surface area contributed by atoms with Gasteiger partial charge in [-0.2, -0.15) is 4.52 Å². The summed E-state index contributed by atoms with van der Waals surface area (Å²) < 4.78 is 15.3. The Labute approximate surface area is 137 Å². The molecule has 6 nitrogen and oxygen atoms in total. The number of rotatable bonds is 10. The van der Waals surface area contributed by atoms with Crippen LogP contribution in [0.2, 0.25) is 0 Å². The summed E-state index contributed by atoms with van der Waals surface area (Å²) in [5.74, 6) is 0. The van der Waals surface area contributed by atoms with Crippen molar-refractivity contribution in [2.75, 3.05) is 39.6 Å². The normalized spacial score (nSPS) is 30.3. The van der Waals surface area contributed by atoms with Crippen molar-refractivity contribution in [3.05, 3.63) is 0 Å². The summed E-state index contributed by atoms with van der Waals surface area (Å²) in [6.45, 7) is 16.1. The molecule has 1 rings (SSSR count). The monoisotopic (exact) mass is 368 g/mol. The van der Waals surface area contributed by atoms with Crippen molar-refractivity contribution in [1.82, 2.24) is 15.3 Å². The molecule has 2 unspecified atom stereocenters. The Balaban J connectivity index is 3.21. The minimum absolute atomic E-state index is 0.952. The largest absolute Gasteiger partial charge is 0.266 e. The molecule has 2 atom stereocenters. The van der Waals surface area contributed by atoms with Crippen LogP contribution in [0.15, 0.2) is 13.5 Å². The lowest BCUT2D eigenvalue weighted by molar-refractivity contribution is 0.754. The molecule has 0 bridgehead atoms. The zero-order valence-electron chi connectivity index (χ0n) is 15.1. The second kappa shape index (κ2) is 9.16. The van der Waals surface area contributed by atoms with E-state index in [1.165, 1.54) is 6.42 Å². The van der Waals surface area contributed by atoms with E-state index >= 15 is 0 Å². The first kappa shape index (κ1) is 20.6. The van der Waals surface area contributed by atoms with Crippen molar-refractivity contribution in [3.8, 4) is 0 Å². The Bertz CT molecular complexity index is 508. The van der Waals surface area contributed by atoms with Gasteiger partial charge in [0.15, 0.2) is 0 Å². The number of hydrogen-bond acceptors (Lipinski definition) is 6. The van der Waals surface area contributed by atoms with Crippen molar-refractivity contribution < 1.29 is 0 Å². The molecule has 0 saturated carbocycles. The lowest BCUT2D eigenvalue weighted by Crippen LogP contribution is -2.24. The minimum atomic E-state index is -2.03. The van der Waals surface area contributed by atoms with Crippen LogP contribution in [0.3, 0.4) is 0 Å². The van der Waals surface area contributed by atoms with Crippen molar-refractivity contribution in [1.29, 1.82) is 0 Å². The number of unbranched alkanes of at least 4 members (excludes halogenated alkanes) is 1. The highest BCUT2D eigenvalue weighted by molar-refractivity contribution is 7.84. The third-order valence-corrected chi connectivity index (χ3v) is 13.7. The zero-order chi connectivity index (χ0) is 16.7. The molecule has 0 aromatic heterocycles. The lowest BCUT2D eigenvalue weighted by atomic mass is 10.3. The molecule has 1 aliphatic rings. The zero-order valence-corrected chi connectivity index (χ0v) is 17.8. The first-order valence-electron chi connectivity index (χ1n) is 8.39. The van der Waals surface area contributed by atoms with E-state index in [0.717, 1.165) is 38.9 Å². The van der Waals surface area contributed by atoms with E-state index in [9.17, 15) is 0 Å². The first-order valence-corrected chi connectivity index (χ1v) is 14.8. The van der Waals surface area contributed by atoms with E-state index < -0.39 is 22.1 Å². The average molecular weight is 368 g/mol. The SMILES string of the molecule is CCCCNP1(NCCC)=NP(C)(C)=NP(C)(NCCC)=N1. The van der Waals surface area contributed by atoms with Gasteiger partial charge in [0.1, 0.15) is 7.36 Å². The number of nitrogens with one attached hydrogen (secondary N) is 3. The molecule has 0 aromatic rings. The van der Waals surface area contributed by atoms with E-state index in [2.05, 4.69) is 56.0 Å². The second-order valence-corrected chi connectivity index (χ2v) is 15.0. The Morgan fingerprint density at radius 2 is 1.27 bits per heavy atom. The predicted molar refractivity (Wildman–Crippen MR) is 105 cm³/mol. The van der Waals surface area contributed by atoms with Gasteiger partial charge in [0.25, 0.3) is 0 Å². The van der Waals surface area contributed by atoms with Gasteiger partial charge in [-0.15, -0.1) is 0 Å². The number of nitrogens with zero attached hydrogens (tertiary/aromatic N) is 3. The van der Waals surface area contributed by atoms with E-state index in [1.54, 1.807) is 0 Å². The lowest BCUT2D eigenvalue weighted by Gasteiger charge is -2.33. The third-order valence-electron chi connectivity index (χ3n) is 3.15. The van der Waals surface area contributed by atoms with Crippen molar-refractivity contribution in [2.24, 2.45) is 13.5 Å². The van der Waals surface area contributed by atoms with Gasteiger partial charge in [0, 0.05) is 26.3 Å². The average Bonchev–Trinajstić information content (AvgIpc) is 2.41. The standard InChI is InChI=1S/C13H35N6P3/c1-7-10-13-16-22(15-12-9-3)18-20(4,5)17-21(6,19-22)14-11-8-2/h14-16H,7-13H2,1-6H3. The van der Waals surface area contributed by atoms with E-state index in [-0.39, 0.29) is 0 Å². The minimum Gasteiger partial charge on any atom is -0.266 e. The molecule has 1 aliphatic heterocycles. The van der Waals surface area contributed by atoms with Crippen LogP contribution in [0.1, 0.15) is 46.5 Å². The quantitative estimate of drug-likeness (QED) is 0.358. The second-order valence-electron chi connectivity index (χ2n) is 6.20. The van der Waals surface area contributed by atoms with Gasteiger partial charge in [-0.25, -0.2) is 9.03 Å². The van der Waals surface area contributed by atoms with Gasteiger partial charge < -0.3 is 0 Å². The molecule has 0 spiro atoms. The summed E-state index contributed by atoms with van der Waals surface area (Å²) in [6, 6.07) is 0. The van der Waals surface area contributed by atoms with Gasteiger partial charge in [-0.05, 0) is 32.6 Å². The van der Waals surface area contributed by atoms with Gasteiger partial charge in [-0.1, -0.05) is 27.2 Å². The van der Waals surface area contributed by atoms with Crippen LogP contribution < -0.4 is 15.3 Å². The maximum absolute atomic E-state index is 5.17. The molecule has 3 N–H and O–H groups in total. The van der Waals surface area contributed by atoms with Crippen LogP contribution in [0.5, 0.6) is 0 Å². The predicted octanol–water partition coefficient (Wildman–Crippen LogP) is 5.37. The molecule has 9 heteroatoms. The molecular weight excluding hydrogens is 333 g/mol. The van der Waals surface area contributed by atoms with Gasteiger partial charge in [-0.3, -0.25) is 15.3 Å². The molecule has 0 radical (unpaired) electrons. The summed E-state index contributed by atoms with van der Waals surface area (Å²) in [7, 11) is -5.50. The summed E-state index contributed by atoms with van der Waals surface area (Å²) in [5, 5.41) is 11.0. The summed E-state index contributed by atoms with van der Waals surface area (Å²) in [5.41, 5.74) is 0. The highest BCUT2D eigenvalue weighted by atomic mass is 31.3. The van der Waals surface area contributed by atoms with Crippen LogP contribution in [0.4, 0.5) is 0 Å². The maximum Gasteiger partial charge on any atom is 0.212 e. The maximum atomic E-state index is 5.17. The number of hydrogen-bond donors (Lipinski definition) is 3. The van der Waals surface area contributed by atoms with E-state index in [1.807, 2.05) is 0 Å². The van der Waals surface area contributed by atoms with Crippen molar-refractivity contribution in [2.45, 2.75) is 46.5 Å². The smallest absolute Gasteiger partial charge is 0.212 e. The molecule has 0 aliphatic carbocycles. The van der Waals surface area contributed by atoms with Crippen LogP contribution in [0.25, 0.3) is 0 Å². The molecule has 0 aromatic carbocycles.